The Labute approximate surface area is 82.1 Å². The van der Waals surface area contributed by atoms with Crippen molar-refractivity contribution in [1.82, 2.24) is 10.3 Å². The van der Waals surface area contributed by atoms with Gasteiger partial charge in [-0.3, -0.25) is 0 Å². The minimum Gasteiger partial charge on any atom is -0.379 e. The zero-order valence-electron chi connectivity index (χ0n) is 7.75. The summed E-state index contributed by atoms with van der Waals surface area (Å²) in [7, 11) is 0. The Kier molecular flexibility index (Phi) is 2.93. The van der Waals surface area contributed by atoms with Gasteiger partial charge in [0.15, 0.2) is 0 Å². The molecular weight excluding hydrogens is 184 g/mol. The van der Waals surface area contributed by atoms with Gasteiger partial charge in [-0.25, -0.2) is 4.98 Å². The molecular formula is C9H14N2OS. The first-order valence-electron chi connectivity index (χ1n) is 4.57. The SMILES string of the molecule is Cc1nc(CC2COCCN2)cs1. The summed E-state index contributed by atoms with van der Waals surface area (Å²) in [5.74, 6) is 0. The maximum atomic E-state index is 5.37. The Hall–Kier alpha value is -0.450. The second-order valence-electron chi connectivity index (χ2n) is 3.29. The zero-order valence-corrected chi connectivity index (χ0v) is 8.56. The lowest BCUT2D eigenvalue weighted by atomic mass is 10.1. The number of ether oxygens (including phenoxy) is 1. The van der Waals surface area contributed by atoms with E-state index in [1.54, 1.807) is 11.3 Å². The van der Waals surface area contributed by atoms with Gasteiger partial charge >= 0.3 is 0 Å². The molecule has 0 radical (unpaired) electrons. The van der Waals surface area contributed by atoms with E-state index in [1.165, 1.54) is 5.69 Å². The van der Waals surface area contributed by atoms with E-state index >= 15 is 0 Å². The number of nitrogens with one attached hydrogen (secondary N) is 1. The van der Waals surface area contributed by atoms with Crippen LogP contribution in [0.1, 0.15) is 10.7 Å². The summed E-state index contributed by atoms with van der Waals surface area (Å²) >= 11 is 1.71. The second-order valence-corrected chi connectivity index (χ2v) is 4.35. The number of thiazole rings is 1. The zero-order chi connectivity index (χ0) is 9.10. The molecule has 2 heterocycles. The molecule has 1 atom stereocenters. The average molecular weight is 198 g/mol. The van der Waals surface area contributed by atoms with Crippen molar-refractivity contribution >= 4 is 11.3 Å². The monoisotopic (exact) mass is 198 g/mol. The van der Waals surface area contributed by atoms with Gasteiger partial charge in [0.2, 0.25) is 0 Å². The first-order valence-corrected chi connectivity index (χ1v) is 5.44. The number of aromatic nitrogens is 1. The van der Waals surface area contributed by atoms with Gasteiger partial charge in [0.25, 0.3) is 0 Å². The first-order chi connectivity index (χ1) is 6.34. The number of rotatable bonds is 2. The van der Waals surface area contributed by atoms with E-state index in [1.807, 2.05) is 6.92 Å². The molecule has 0 spiro atoms. The molecule has 72 valence electrons. The molecule has 1 fully saturated rings. The fraction of sp³-hybridized carbons (Fsp3) is 0.667. The van der Waals surface area contributed by atoms with Crippen molar-refractivity contribution in [2.45, 2.75) is 19.4 Å². The van der Waals surface area contributed by atoms with E-state index in [0.29, 0.717) is 6.04 Å². The Bertz CT molecular complexity index is 268. The molecule has 1 aromatic rings. The van der Waals surface area contributed by atoms with Crippen LogP contribution in [0.2, 0.25) is 0 Å². The van der Waals surface area contributed by atoms with Gasteiger partial charge in [-0.05, 0) is 6.92 Å². The summed E-state index contributed by atoms with van der Waals surface area (Å²) in [5, 5.41) is 6.69. The average Bonchev–Trinajstić information content (AvgIpc) is 2.53. The molecule has 0 aliphatic carbocycles. The molecule has 1 aliphatic heterocycles. The van der Waals surface area contributed by atoms with Crippen molar-refractivity contribution in [2.75, 3.05) is 19.8 Å². The second kappa shape index (κ2) is 4.17. The van der Waals surface area contributed by atoms with E-state index in [4.69, 9.17) is 4.74 Å². The molecule has 1 saturated heterocycles. The van der Waals surface area contributed by atoms with Crippen LogP contribution in [-0.2, 0) is 11.2 Å². The van der Waals surface area contributed by atoms with Crippen molar-refractivity contribution in [1.29, 1.82) is 0 Å². The number of hydrogen-bond donors (Lipinski definition) is 1. The Morgan fingerprint density at radius 1 is 1.77 bits per heavy atom. The molecule has 1 N–H and O–H groups in total. The summed E-state index contributed by atoms with van der Waals surface area (Å²) in [6.07, 6.45) is 0.990. The van der Waals surface area contributed by atoms with Gasteiger partial charge in [-0.15, -0.1) is 11.3 Å². The highest BCUT2D eigenvalue weighted by atomic mass is 32.1. The quantitative estimate of drug-likeness (QED) is 0.769. The van der Waals surface area contributed by atoms with E-state index in [0.717, 1.165) is 31.2 Å². The summed E-state index contributed by atoms with van der Waals surface area (Å²) < 4.78 is 5.37. The lowest BCUT2D eigenvalue weighted by Crippen LogP contribution is -2.42. The van der Waals surface area contributed by atoms with Gasteiger partial charge in [0.1, 0.15) is 0 Å². The van der Waals surface area contributed by atoms with Crippen LogP contribution in [0.5, 0.6) is 0 Å². The van der Waals surface area contributed by atoms with Crippen LogP contribution in [0.3, 0.4) is 0 Å². The maximum absolute atomic E-state index is 5.37. The Balaban J connectivity index is 1.89. The lowest BCUT2D eigenvalue weighted by Gasteiger charge is -2.22. The Morgan fingerprint density at radius 3 is 3.31 bits per heavy atom. The molecule has 13 heavy (non-hydrogen) atoms. The molecule has 0 aromatic carbocycles. The normalized spacial score (nSPS) is 23.3. The molecule has 0 bridgehead atoms. The molecule has 4 heteroatoms. The molecule has 0 amide bonds. The number of nitrogens with zero attached hydrogens (tertiary/aromatic N) is 1. The fourth-order valence-corrected chi connectivity index (χ4v) is 2.13. The van der Waals surface area contributed by atoms with Gasteiger partial charge in [-0.1, -0.05) is 0 Å². The van der Waals surface area contributed by atoms with Crippen molar-refractivity contribution in [3.8, 4) is 0 Å². The van der Waals surface area contributed by atoms with E-state index < -0.39 is 0 Å². The van der Waals surface area contributed by atoms with E-state index in [-0.39, 0.29) is 0 Å². The van der Waals surface area contributed by atoms with Gasteiger partial charge in [-0.2, -0.15) is 0 Å². The fourth-order valence-electron chi connectivity index (χ4n) is 1.51. The summed E-state index contributed by atoms with van der Waals surface area (Å²) in [5.41, 5.74) is 1.19. The highest BCUT2D eigenvalue weighted by Crippen LogP contribution is 2.10. The van der Waals surface area contributed by atoms with Crippen LogP contribution in [0, 0.1) is 6.92 Å². The highest BCUT2D eigenvalue weighted by molar-refractivity contribution is 7.09. The van der Waals surface area contributed by atoms with Gasteiger partial charge in [0.05, 0.1) is 23.9 Å². The number of hydrogen-bond acceptors (Lipinski definition) is 4. The third kappa shape index (κ3) is 2.49. The van der Waals surface area contributed by atoms with Crippen molar-refractivity contribution in [3.05, 3.63) is 16.1 Å². The molecule has 2 rings (SSSR count). The maximum Gasteiger partial charge on any atom is 0.0897 e. The van der Waals surface area contributed by atoms with Crippen LogP contribution in [-0.4, -0.2) is 30.8 Å². The smallest absolute Gasteiger partial charge is 0.0897 e. The van der Waals surface area contributed by atoms with Crippen LogP contribution >= 0.6 is 11.3 Å². The van der Waals surface area contributed by atoms with Crippen LogP contribution in [0.4, 0.5) is 0 Å². The van der Waals surface area contributed by atoms with Crippen LogP contribution in [0.15, 0.2) is 5.38 Å². The number of morpholine rings is 1. The molecule has 3 nitrogen and oxygen atoms in total. The van der Waals surface area contributed by atoms with E-state index in [2.05, 4.69) is 15.7 Å². The number of aryl methyl sites for hydroxylation is 1. The Morgan fingerprint density at radius 2 is 2.69 bits per heavy atom. The van der Waals surface area contributed by atoms with Gasteiger partial charge in [0, 0.05) is 24.4 Å². The minimum atomic E-state index is 0.454. The van der Waals surface area contributed by atoms with Crippen LogP contribution in [0.25, 0.3) is 0 Å². The summed E-state index contributed by atoms with van der Waals surface area (Å²) in [4.78, 5) is 4.43. The summed E-state index contributed by atoms with van der Waals surface area (Å²) in [6, 6.07) is 0.454. The third-order valence-electron chi connectivity index (χ3n) is 2.12. The van der Waals surface area contributed by atoms with Gasteiger partial charge < -0.3 is 10.1 Å². The molecule has 1 aliphatic rings. The van der Waals surface area contributed by atoms with Crippen molar-refractivity contribution in [3.63, 3.8) is 0 Å². The predicted molar refractivity (Wildman–Crippen MR) is 53.2 cm³/mol. The predicted octanol–water partition coefficient (Wildman–Crippen LogP) is 0.982. The molecule has 0 saturated carbocycles. The largest absolute Gasteiger partial charge is 0.379 e. The minimum absolute atomic E-state index is 0.454. The third-order valence-corrected chi connectivity index (χ3v) is 2.94. The van der Waals surface area contributed by atoms with Crippen molar-refractivity contribution in [2.24, 2.45) is 0 Å². The molecule has 1 unspecified atom stereocenters. The standard InChI is InChI=1S/C9H14N2OS/c1-7-11-9(6-13-7)4-8-5-12-3-2-10-8/h6,8,10H,2-5H2,1H3. The van der Waals surface area contributed by atoms with Crippen molar-refractivity contribution < 1.29 is 4.74 Å². The van der Waals surface area contributed by atoms with E-state index in [9.17, 15) is 0 Å². The molecule has 1 aromatic heterocycles. The topological polar surface area (TPSA) is 34.1 Å². The first kappa shape index (κ1) is 9.12. The highest BCUT2D eigenvalue weighted by Gasteiger charge is 2.14. The summed E-state index contributed by atoms with van der Waals surface area (Å²) in [6.45, 7) is 4.66. The van der Waals surface area contributed by atoms with Crippen LogP contribution < -0.4 is 5.32 Å². The lowest BCUT2D eigenvalue weighted by molar-refractivity contribution is 0.0767.